The van der Waals surface area contributed by atoms with Crippen molar-refractivity contribution in [1.29, 1.82) is 0 Å². The molecule has 192 valence electrons. The number of carbonyl (C=O) groups is 2. The first-order valence-corrected chi connectivity index (χ1v) is 12.2. The zero-order valence-electron chi connectivity index (χ0n) is 21.4. The Labute approximate surface area is 218 Å². The third-order valence-corrected chi connectivity index (χ3v) is 6.43. The Morgan fingerprint density at radius 1 is 1.08 bits per heavy atom. The molecular formula is C28H33ClN2O5. The van der Waals surface area contributed by atoms with E-state index in [4.69, 9.17) is 32.2 Å². The van der Waals surface area contributed by atoms with Crippen LogP contribution in [0.2, 0.25) is 5.02 Å². The Kier molecular flexibility index (Phi) is 8.42. The number of benzene rings is 2. The largest absolute Gasteiger partial charge is 0.497 e. The number of ether oxygens (including phenoxy) is 3. The molecule has 3 rings (SSSR count). The smallest absolute Gasteiger partial charge is 0.303 e. The number of hydrogen-bond donors (Lipinski definition) is 1. The van der Waals surface area contributed by atoms with Crippen LogP contribution < -0.4 is 24.4 Å². The molecule has 0 saturated heterocycles. The molecule has 1 N–H and O–H groups in total. The van der Waals surface area contributed by atoms with E-state index in [1.165, 1.54) is 4.90 Å². The highest BCUT2D eigenvalue weighted by atomic mass is 35.5. The van der Waals surface area contributed by atoms with Crippen molar-refractivity contribution < 1.29 is 23.8 Å². The van der Waals surface area contributed by atoms with Gasteiger partial charge in [0, 0.05) is 23.9 Å². The van der Waals surface area contributed by atoms with Gasteiger partial charge in [-0.3, -0.25) is 14.5 Å². The molecule has 1 aliphatic rings. The van der Waals surface area contributed by atoms with Crippen molar-refractivity contribution in [3.05, 3.63) is 47.0 Å². The minimum Gasteiger partial charge on any atom is -0.497 e. The summed E-state index contributed by atoms with van der Waals surface area (Å²) in [6.45, 7) is 5.97. The van der Waals surface area contributed by atoms with Crippen LogP contribution in [-0.4, -0.2) is 37.2 Å². The van der Waals surface area contributed by atoms with E-state index in [-0.39, 0.29) is 12.5 Å². The molecule has 0 radical (unpaired) electrons. The average Bonchev–Trinajstić information content (AvgIpc) is 3.34. The summed E-state index contributed by atoms with van der Waals surface area (Å²) < 4.78 is 16.6. The molecule has 2 aromatic rings. The van der Waals surface area contributed by atoms with Gasteiger partial charge in [-0.15, -0.1) is 6.42 Å². The Hall–Kier alpha value is -3.37. The number of hydrogen-bond acceptors (Lipinski definition) is 5. The molecule has 7 nitrogen and oxygen atoms in total. The van der Waals surface area contributed by atoms with Crippen molar-refractivity contribution >= 4 is 29.1 Å². The number of anilines is 1. The highest BCUT2D eigenvalue weighted by Gasteiger charge is 2.49. The fraction of sp³-hybridized carbons (Fsp3) is 0.429. The van der Waals surface area contributed by atoms with Crippen molar-refractivity contribution in [3.8, 4) is 29.6 Å². The first-order valence-electron chi connectivity index (χ1n) is 11.8. The maximum atomic E-state index is 13.7. The van der Waals surface area contributed by atoms with E-state index in [0.717, 1.165) is 18.4 Å². The predicted octanol–water partition coefficient (Wildman–Crippen LogP) is 5.13. The van der Waals surface area contributed by atoms with Gasteiger partial charge >= 0.3 is 5.91 Å². The van der Waals surface area contributed by atoms with Crippen molar-refractivity contribution in [2.45, 2.75) is 64.1 Å². The number of rotatable bonds is 8. The van der Waals surface area contributed by atoms with Crippen molar-refractivity contribution in [2.24, 2.45) is 0 Å². The number of nitrogens with zero attached hydrogens (tertiary/aromatic N) is 1. The normalized spacial score (nSPS) is 14.5. The van der Waals surface area contributed by atoms with E-state index >= 15 is 0 Å². The average molecular weight is 513 g/mol. The van der Waals surface area contributed by atoms with Gasteiger partial charge in [0.05, 0.1) is 19.2 Å². The molecule has 0 aliphatic heterocycles. The molecule has 0 heterocycles. The lowest BCUT2D eigenvalue weighted by Crippen LogP contribution is -2.59. The van der Waals surface area contributed by atoms with E-state index in [1.54, 1.807) is 44.6 Å². The van der Waals surface area contributed by atoms with Crippen LogP contribution in [0.25, 0.3) is 0 Å². The quantitative estimate of drug-likeness (QED) is 0.496. The molecule has 2 aromatic carbocycles. The third-order valence-electron chi connectivity index (χ3n) is 6.13. The maximum absolute atomic E-state index is 13.7. The second-order valence-electron chi connectivity index (χ2n) is 9.71. The monoisotopic (exact) mass is 512 g/mol. The van der Waals surface area contributed by atoms with E-state index in [9.17, 15) is 9.59 Å². The Morgan fingerprint density at radius 2 is 1.78 bits per heavy atom. The van der Waals surface area contributed by atoms with E-state index in [0.29, 0.717) is 40.8 Å². The number of amides is 2. The first kappa shape index (κ1) is 27.2. The molecule has 1 aliphatic carbocycles. The van der Waals surface area contributed by atoms with Crippen LogP contribution in [0.4, 0.5) is 5.69 Å². The fourth-order valence-electron chi connectivity index (χ4n) is 4.51. The lowest BCUT2D eigenvalue weighted by molar-refractivity contribution is -0.129. The lowest BCUT2D eigenvalue weighted by Gasteiger charge is -2.39. The minimum absolute atomic E-state index is 0.213. The molecule has 0 unspecified atom stereocenters. The van der Waals surface area contributed by atoms with E-state index in [1.807, 2.05) is 26.8 Å². The summed E-state index contributed by atoms with van der Waals surface area (Å²) in [6, 6.07) is 10.4. The highest BCUT2D eigenvalue weighted by molar-refractivity contribution is 6.32. The van der Waals surface area contributed by atoms with Gasteiger partial charge in [-0.2, -0.15) is 0 Å². The SMILES string of the molecule is C#CC(=O)N(c1ccc(OC(C)(C)C)c(Cl)c1)C1(C(=O)NCc2ccc(OC)cc2OC)CCCC1. The molecule has 0 bridgehead atoms. The number of terminal acetylenes is 1. The van der Waals surface area contributed by atoms with Gasteiger partial charge in [0.25, 0.3) is 0 Å². The summed E-state index contributed by atoms with van der Waals surface area (Å²) in [5.41, 5.74) is -0.363. The van der Waals surface area contributed by atoms with Crippen LogP contribution in [0, 0.1) is 12.3 Å². The van der Waals surface area contributed by atoms with Crippen molar-refractivity contribution in [1.82, 2.24) is 5.32 Å². The Morgan fingerprint density at radius 3 is 2.33 bits per heavy atom. The molecule has 0 aromatic heterocycles. The predicted molar refractivity (Wildman–Crippen MR) is 141 cm³/mol. The summed E-state index contributed by atoms with van der Waals surface area (Å²) in [6.07, 6.45) is 8.08. The lowest BCUT2D eigenvalue weighted by atomic mass is 9.92. The van der Waals surface area contributed by atoms with Crippen LogP contribution in [0.3, 0.4) is 0 Å². The molecule has 0 atom stereocenters. The van der Waals surface area contributed by atoms with Gasteiger partial charge in [0.1, 0.15) is 28.4 Å². The zero-order valence-corrected chi connectivity index (χ0v) is 22.2. The topological polar surface area (TPSA) is 77.1 Å². The second-order valence-corrected chi connectivity index (χ2v) is 10.1. The number of halogens is 1. The summed E-state index contributed by atoms with van der Waals surface area (Å²) >= 11 is 6.52. The Bertz CT molecular complexity index is 1160. The fourth-order valence-corrected chi connectivity index (χ4v) is 4.73. The molecule has 2 amide bonds. The van der Waals surface area contributed by atoms with Gasteiger partial charge in [-0.05, 0) is 69.9 Å². The minimum atomic E-state index is -1.14. The molecular weight excluding hydrogens is 480 g/mol. The maximum Gasteiger partial charge on any atom is 0.303 e. The van der Waals surface area contributed by atoms with Crippen LogP contribution in [0.15, 0.2) is 36.4 Å². The first-order chi connectivity index (χ1) is 17.0. The Balaban J connectivity index is 1.94. The van der Waals surface area contributed by atoms with Crippen LogP contribution >= 0.6 is 11.6 Å². The second kappa shape index (κ2) is 11.1. The molecule has 36 heavy (non-hydrogen) atoms. The molecule has 1 fully saturated rings. The van der Waals surface area contributed by atoms with Crippen molar-refractivity contribution in [3.63, 3.8) is 0 Å². The zero-order chi connectivity index (χ0) is 26.5. The van der Waals surface area contributed by atoms with E-state index < -0.39 is 17.0 Å². The number of methoxy groups -OCH3 is 2. The number of nitrogens with one attached hydrogen (secondary N) is 1. The van der Waals surface area contributed by atoms with Gasteiger partial charge in [0.2, 0.25) is 5.91 Å². The highest BCUT2D eigenvalue weighted by Crippen LogP contribution is 2.41. The molecule has 1 saturated carbocycles. The van der Waals surface area contributed by atoms with Gasteiger partial charge < -0.3 is 19.5 Å². The van der Waals surface area contributed by atoms with Crippen LogP contribution in [0.5, 0.6) is 17.2 Å². The van der Waals surface area contributed by atoms with Crippen LogP contribution in [-0.2, 0) is 16.1 Å². The summed E-state index contributed by atoms with van der Waals surface area (Å²) in [4.78, 5) is 28.2. The number of carbonyl (C=O) groups excluding carboxylic acids is 2. The summed E-state index contributed by atoms with van der Waals surface area (Å²) in [5.74, 6) is 3.03. The van der Waals surface area contributed by atoms with Gasteiger partial charge in [-0.1, -0.05) is 24.4 Å². The standard InChI is InChI=1S/C28H33ClN2O5/c1-7-25(32)31(20-11-13-23(22(29)16-20)36-27(2,3)4)28(14-8-9-15-28)26(33)30-18-19-10-12-21(34-5)17-24(19)35-6/h1,10-13,16-17H,8-9,14-15,18H2,2-6H3,(H,30,33). The molecule has 0 spiro atoms. The van der Waals surface area contributed by atoms with Gasteiger partial charge in [0.15, 0.2) is 0 Å². The van der Waals surface area contributed by atoms with E-state index in [2.05, 4.69) is 11.2 Å². The van der Waals surface area contributed by atoms with Crippen molar-refractivity contribution in [2.75, 3.05) is 19.1 Å². The summed E-state index contributed by atoms with van der Waals surface area (Å²) in [7, 11) is 3.13. The van der Waals surface area contributed by atoms with Gasteiger partial charge in [-0.25, -0.2) is 0 Å². The third kappa shape index (κ3) is 5.88. The van der Waals surface area contributed by atoms with Crippen LogP contribution in [0.1, 0.15) is 52.0 Å². The molecule has 8 heteroatoms. The summed E-state index contributed by atoms with van der Waals surface area (Å²) in [5, 5.41) is 3.33.